The summed E-state index contributed by atoms with van der Waals surface area (Å²) in [6.07, 6.45) is 4.06. The second-order valence-corrected chi connectivity index (χ2v) is 6.87. The van der Waals surface area contributed by atoms with Crippen LogP contribution in [0.2, 0.25) is 0 Å². The Bertz CT molecular complexity index is 457. The highest BCUT2D eigenvalue weighted by Crippen LogP contribution is 2.21. The largest absolute Gasteiger partial charge is 0.357 e. The summed E-state index contributed by atoms with van der Waals surface area (Å²) >= 11 is 0. The third kappa shape index (κ3) is 6.91. The lowest BCUT2D eigenvalue weighted by Crippen LogP contribution is -2.42. The second-order valence-electron chi connectivity index (χ2n) is 6.87. The van der Waals surface area contributed by atoms with Crippen LogP contribution in [0.3, 0.4) is 0 Å². The van der Waals surface area contributed by atoms with E-state index in [1.165, 1.54) is 6.42 Å². The Kier molecular flexibility index (Phi) is 7.35. The van der Waals surface area contributed by atoms with E-state index in [-0.39, 0.29) is 0 Å². The van der Waals surface area contributed by atoms with E-state index in [9.17, 15) is 0 Å². The maximum Gasteiger partial charge on any atom is 0.191 e. The van der Waals surface area contributed by atoms with Crippen molar-refractivity contribution in [3.05, 3.63) is 12.2 Å². The molecular formula is C16H32N6. The first-order valence-corrected chi connectivity index (χ1v) is 8.27. The summed E-state index contributed by atoms with van der Waals surface area (Å²) < 4.78 is 2.01. The highest BCUT2D eigenvalue weighted by atomic mass is 15.3. The van der Waals surface area contributed by atoms with E-state index in [4.69, 9.17) is 0 Å². The van der Waals surface area contributed by atoms with Gasteiger partial charge in [-0.15, -0.1) is 10.2 Å². The van der Waals surface area contributed by atoms with Crippen molar-refractivity contribution < 1.29 is 0 Å². The molecule has 1 rings (SSSR count). The first-order chi connectivity index (χ1) is 10.4. The molecule has 1 aromatic heterocycles. The molecule has 1 heterocycles. The van der Waals surface area contributed by atoms with Crippen molar-refractivity contribution in [2.24, 2.45) is 10.4 Å². The fourth-order valence-corrected chi connectivity index (χ4v) is 2.09. The van der Waals surface area contributed by atoms with Gasteiger partial charge in [0.25, 0.3) is 0 Å². The van der Waals surface area contributed by atoms with Gasteiger partial charge in [0.15, 0.2) is 11.8 Å². The van der Waals surface area contributed by atoms with Crippen LogP contribution in [0.5, 0.6) is 0 Å². The molecule has 0 amide bonds. The molecular weight excluding hydrogens is 276 g/mol. The maximum atomic E-state index is 4.62. The Balaban J connectivity index is 2.58. The zero-order chi connectivity index (χ0) is 16.6. The van der Waals surface area contributed by atoms with Crippen molar-refractivity contribution in [1.29, 1.82) is 0 Å². The Morgan fingerprint density at radius 1 is 1.36 bits per heavy atom. The van der Waals surface area contributed by atoms with Crippen LogP contribution in [0.15, 0.2) is 11.3 Å². The molecule has 0 aliphatic heterocycles. The molecule has 0 bridgehead atoms. The summed E-state index contributed by atoms with van der Waals surface area (Å²) in [7, 11) is 0. The number of nitrogens with one attached hydrogen (secondary N) is 2. The molecule has 1 unspecified atom stereocenters. The van der Waals surface area contributed by atoms with E-state index in [1.54, 1.807) is 6.33 Å². The normalized spacial score (nSPS) is 14.0. The third-order valence-electron chi connectivity index (χ3n) is 3.47. The molecule has 0 saturated carbocycles. The average molecular weight is 308 g/mol. The topological polar surface area (TPSA) is 67.1 Å². The van der Waals surface area contributed by atoms with Gasteiger partial charge in [0, 0.05) is 19.1 Å². The van der Waals surface area contributed by atoms with Crippen LogP contribution in [0.25, 0.3) is 0 Å². The van der Waals surface area contributed by atoms with Crippen molar-refractivity contribution in [3.63, 3.8) is 0 Å². The molecule has 1 atom stereocenters. The van der Waals surface area contributed by atoms with Gasteiger partial charge in [0.1, 0.15) is 12.9 Å². The molecule has 126 valence electrons. The SMILES string of the molecule is CCNC(=NCc1nncn1CC)NC(C)CCC(C)(C)C. The van der Waals surface area contributed by atoms with E-state index < -0.39 is 0 Å². The predicted molar refractivity (Wildman–Crippen MR) is 91.8 cm³/mol. The van der Waals surface area contributed by atoms with Gasteiger partial charge in [0.05, 0.1) is 0 Å². The van der Waals surface area contributed by atoms with Gasteiger partial charge in [-0.25, -0.2) is 4.99 Å². The van der Waals surface area contributed by atoms with Gasteiger partial charge in [-0.2, -0.15) is 0 Å². The Morgan fingerprint density at radius 2 is 2.09 bits per heavy atom. The summed E-state index contributed by atoms with van der Waals surface area (Å²) in [5, 5.41) is 14.8. The second kappa shape index (κ2) is 8.76. The lowest BCUT2D eigenvalue weighted by Gasteiger charge is -2.23. The number of aliphatic imine (C=N–C) groups is 1. The predicted octanol–water partition coefficient (Wildman–Crippen LogP) is 2.57. The van der Waals surface area contributed by atoms with Gasteiger partial charge in [0.2, 0.25) is 0 Å². The van der Waals surface area contributed by atoms with E-state index in [0.717, 1.165) is 31.3 Å². The van der Waals surface area contributed by atoms with Gasteiger partial charge < -0.3 is 15.2 Å². The molecule has 0 aliphatic carbocycles. The summed E-state index contributed by atoms with van der Waals surface area (Å²) in [4.78, 5) is 4.62. The van der Waals surface area contributed by atoms with Crippen LogP contribution in [0.4, 0.5) is 0 Å². The number of aryl methyl sites for hydroxylation is 1. The number of guanidine groups is 1. The Labute approximate surface area is 134 Å². The highest BCUT2D eigenvalue weighted by Gasteiger charge is 2.13. The van der Waals surface area contributed by atoms with Gasteiger partial charge in [-0.05, 0) is 39.0 Å². The molecule has 0 radical (unpaired) electrons. The molecule has 6 heteroatoms. The van der Waals surface area contributed by atoms with Crippen LogP contribution in [0.1, 0.15) is 60.2 Å². The fourth-order valence-electron chi connectivity index (χ4n) is 2.09. The zero-order valence-electron chi connectivity index (χ0n) is 15.0. The minimum Gasteiger partial charge on any atom is -0.357 e. The van der Waals surface area contributed by atoms with Crippen LogP contribution >= 0.6 is 0 Å². The first kappa shape index (κ1) is 18.5. The molecule has 22 heavy (non-hydrogen) atoms. The van der Waals surface area contributed by atoms with Crippen LogP contribution in [0, 0.1) is 5.41 Å². The molecule has 1 aromatic rings. The van der Waals surface area contributed by atoms with Gasteiger partial charge in [-0.3, -0.25) is 0 Å². The Morgan fingerprint density at radius 3 is 2.68 bits per heavy atom. The van der Waals surface area contributed by atoms with Gasteiger partial charge >= 0.3 is 0 Å². The van der Waals surface area contributed by atoms with E-state index in [1.807, 2.05) is 4.57 Å². The van der Waals surface area contributed by atoms with Crippen LogP contribution < -0.4 is 10.6 Å². The van der Waals surface area contributed by atoms with E-state index in [2.05, 4.69) is 67.4 Å². The van der Waals surface area contributed by atoms with Crippen LogP contribution in [-0.2, 0) is 13.1 Å². The molecule has 6 nitrogen and oxygen atoms in total. The third-order valence-corrected chi connectivity index (χ3v) is 3.47. The van der Waals surface area contributed by atoms with Crippen molar-refractivity contribution >= 4 is 5.96 Å². The first-order valence-electron chi connectivity index (χ1n) is 8.27. The highest BCUT2D eigenvalue weighted by molar-refractivity contribution is 5.79. The van der Waals surface area contributed by atoms with Crippen molar-refractivity contribution in [1.82, 2.24) is 25.4 Å². The molecule has 0 fully saturated rings. The lowest BCUT2D eigenvalue weighted by atomic mass is 9.89. The van der Waals surface area contributed by atoms with E-state index >= 15 is 0 Å². The Hall–Kier alpha value is -1.59. The standard InChI is InChI=1S/C16H32N6/c1-7-17-15(20-13(3)9-10-16(4,5)6)18-11-14-21-19-12-22(14)8-2/h12-13H,7-11H2,1-6H3,(H2,17,18,20). The van der Waals surface area contributed by atoms with E-state index in [0.29, 0.717) is 18.0 Å². The van der Waals surface area contributed by atoms with Gasteiger partial charge in [-0.1, -0.05) is 20.8 Å². The number of hydrogen-bond acceptors (Lipinski definition) is 3. The van der Waals surface area contributed by atoms with Crippen molar-refractivity contribution in [2.45, 2.75) is 73.5 Å². The molecule has 0 aliphatic rings. The number of nitrogens with zero attached hydrogens (tertiary/aromatic N) is 4. The minimum atomic E-state index is 0.364. The summed E-state index contributed by atoms with van der Waals surface area (Å²) in [5.74, 6) is 1.73. The number of rotatable bonds is 7. The number of hydrogen-bond donors (Lipinski definition) is 2. The smallest absolute Gasteiger partial charge is 0.191 e. The molecule has 0 spiro atoms. The molecule has 2 N–H and O–H groups in total. The monoisotopic (exact) mass is 308 g/mol. The maximum absolute atomic E-state index is 4.62. The van der Waals surface area contributed by atoms with Crippen LogP contribution in [-0.4, -0.2) is 33.3 Å². The average Bonchev–Trinajstić information content (AvgIpc) is 2.89. The van der Waals surface area contributed by atoms with Crippen molar-refractivity contribution in [2.75, 3.05) is 6.54 Å². The number of aromatic nitrogens is 3. The van der Waals surface area contributed by atoms with Crippen molar-refractivity contribution in [3.8, 4) is 0 Å². The molecule has 0 aromatic carbocycles. The summed E-state index contributed by atoms with van der Waals surface area (Å²) in [6.45, 7) is 15.4. The summed E-state index contributed by atoms with van der Waals surface area (Å²) in [6, 6.07) is 0.390. The zero-order valence-corrected chi connectivity index (χ0v) is 15.0. The quantitative estimate of drug-likeness (QED) is 0.600. The summed E-state index contributed by atoms with van der Waals surface area (Å²) in [5.41, 5.74) is 0.364. The minimum absolute atomic E-state index is 0.364. The fraction of sp³-hybridized carbons (Fsp3) is 0.812. The molecule has 0 saturated heterocycles. The lowest BCUT2D eigenvalue weighted by molar-refractivity contribution is 0.346.